The Hall–Kier alpha value is -2.28. The Morgan fingerprint density at radius 3 is 2.82 bits per heavy atom. The van der Waals surface area contributed by atoms with Gasteiger partial charge >= 0.3 is 5.97 Å². The van der Waals surface area contributed by atoms with Crippen LogP contribution in [0.3, 0.4) is 0 Å². The van der Waals surface area contributed by atoms with Crippen molar-refractivity contribution in [3.8, 4) is 5.75 Å². The Labute approximate surface area is 128 Å². The lowest BCUT2D eigenvalue weighted by molar-refractivity contribution is -0.137. The lowest BCUT2D eigenvalue weighted by atomic mass is 10.1. The summed E-state index contributed by atoms with van der Waals surface area (Å²) in [4.78, 5) is 27.0. The Kier molecular flexibility index (Phi) is 3.89. The molecule has 0 spiro atoms. The molecule has 1 amide bonds. The minimum absolute atomic E-state index is 0.322. The van der Waals surface area contributed by atoms with Crippen molar-refractivity contribution in [3.05, 3.63) is 18.2 Å². The van der Waals surface area contributed by atoms with Crippen LogP contribution in [0.5, 0.6) is 5.75 Å². The number of nitrogens with one attached hydrogen (secondary N) is 1. The molecule has 2 N–H and O–H groups in total. The number of para-hydroxylation sites is 1. The zero-order valence-corrected chi connectivity index (χ0v) is 12.4. The lowest BCUT2D eigenvalue weighted by Crippen LogP contribution is -2.49. The number of rotatable bonds is 3. The van der Waals surface area contributed by atoms with Gasteiger partial charge in [0.25, 0.3) is 5.91 Å². The average molecular weight is 305 g/mol. The average Bonchev–Trinajstić information content (AvgIpc) is 2.51. The summed E-state index contributed by atoms with van der Waals surface area (Å²) in [6.07, 6.45) is -0.676. The molecular weight excluding hydrogens is 286 g/mol. The van der Waals surface area contributed by atoms with E-state index in [1.807, 2.05) is 12.1 Å². The highest BCUT2D eigenvalue weighted by Gasteiger charge is 2.35. The van der Waals surface area contributed by atoms with E-state index >= 15 is 0 Å². The second-order valence-electron chi connectivity index (χ2n) is 5.44. The Bertz CT molecular complexity index is 598. The maximum Gasteiger partial charge on any atom is 0.323 e. The van der Waals surface area contributed by atoms with E-state index in [1.54, 1.807) is 13.0 Å². The number of carbonyl (C=O) groups is 2. The van der Waals surface area contributed by atoms with Gasteiger partial charge in [0.05, 0.1) is 5.69 Å². The third-order valence-electron chi connectivity index (χ3n) is 3.92. The number of hydrogen-bond acceptors (Lipinski definition) is 5. The Morgan fingerprint density at radius 1 is 1.41 bits per heavy atom. The Balaban J connectivity index is 2.05. The van der Waals surface area contributed by atoms with Crippen molar-refractivity contribution in [1.29, 1.82) is 0 Å². The minimum atomic E-state index is -1.04. The van der Waals surface area contributed by atoms with Crippen LogP contribution in [-0.2, 0) is 9.59 Å². The topological polar surface area (TPSA) is 82.1 Å². The van der Waals surface area contributed by atoms with E-state index in [-0.39, 0.29) is 12.5 Å². The van der Waals surface area contributed by atoms with Gasteiger partial charge in [-0.2, -0.15) is 0 Å². The lowest BCUT2D eigenvalue weighted by Gasteiger charge is -2.37. The quantitative estimate of drug-likeness (QED) is 0.835. The summed E-state index contributed by atoms with van der Waals surface area (Å²) in [7, 11) is 0. The maximum absolute atomic E-state index is 12.4. The molecule has 0 aliphatic carbocycles. The summed E-state index contributed by atoms with van der Waals surface area (Å²) >= 11 is 0. The van der Waals surface area contributed by atoms with Crippen LogP contribution >= 0.6 is 0 Å². The first kappa shape index (κ1) is 14.6. The largest absolute Gasteiger partial charge is 0.480 e. The summed E-state index contributed by atoms with van der Waals surface area (Å²) < 4.78 is 5.66. The van der Waals surface area contributed by atoms with Crippen molar-refractivity contribution in [1.82, 2.24) is 5.32 Å². The molecule has 2 heterocycles. The number of carboxylic acid groups (broad SMARTS) is 1. The number of anilines is 2. The van der Waals surface area contributed by atoms with E-state index in [1.165, 1.54) is 4.90 Å². The number of piperazine rings is 1. The molecule has 1 atom stereocenters. The van der Waals surface area contributed by atoms with Gasteiger partial charge < -0.3 is 20.1 Å². The molecule has 0 bridgehead atoms. The number of benzene rings is 1. The molecule has 0 radical (unpaired) electrons. The zero-order chi connectivity index (χ0) is 15.7. The van der Waals surface area contributed by atoms with Crippen LogP contribution in [0.4, 0.5) is 11.4 Å². The number of aliphatic carboxylic acids is 1. The van der Waals surface area contributed by atoms with Crippen molar-refractivity contribution in [2.24, 2.45) is 0 Å². The van der Waals surface area contributed by atoms with Crippen LogP contribution in [-0.4, -0.2) is 55.8 Å². The van der Waals surface area contributed by atoms with Crippen molar-refractivity contribution in [2.45, 2.75) is 13.0 Å². The second-order valence-corrected chi connectivity index (χ2v) is 5.44. The van der Waals surface area contributed by atoms with E-state index in [4.69, 9.17) is 9.84 Å². The van der Waals surface area contributed by atoms with E-state index in [9.17, 15) is 9.59 Å². The van der Waals surface area contributed by atoms with Crippen LogP contribution in [0.1, 0.15) is 6.92 Å². The smallest absolute Gasteiger partial charge is 0.323 e. The van der Waals surface area contributed by atoms with Gasteiger partial charge in [-0.05, 0) is 19.1 Å². The molecular formula is C15H19N3O4. The summed E-state index contributed by atoms with van der Waals surface area (Å²) in [5, 5.41) is 12.4. The van der Waals surface area contributed by atoms with Gasteiger partial charge in [0.15, 0.2) is 6.10 Å². The van der Waals surface area contributed by atoms with Gasteiger partial charge in [0.2, 0.25) is 0 Å². The highest BCUT2D eigenvalue weighted by atomic mass is 16.5. The second kappa shape index (κ2) is 5.84. The first-order chi connectivity index (χ1) is 10.6. The molecule has 0 aromatic heterocycles. The molecule has 1 saturated heterocycles. The van der Waals surface area contributed by atoms with E-state index < -0.39 is 12.1 Å². The highest BCUT2D eigenvalue weighted by molar-refractivity contribution is 6.05. The van der Waals surface area contributed by atoms with E-state index in [2.05, 4.69) is 10.2 Å². The highest BCUT2D eigenvalue weighted by Crippen LogP contribution is 2.42. The van der Waals surface area contributed by atoms with E-state index in [0.29, 0.717) is 11.4 Å². The molecule has 7 nitrogen and oxygen atoms in total. The van der Waals surface area contributed by atoms with Crippen molar-refractivity contribution < 1.29 is 19.4 Å². The molecule has 0 saturated carbocycles. The SMILES string of the molecule is CC1Oc2cccc(N3CCNCC3)c2N(CC(=O)O)C1=O. The molecule has 2 aliphatic heterocycles. The van der Waals surface area contributed by atoms with Crippen molar-refractivity contribution in [3.63, 3.8) is 0 Å². The first-order valence-electron chi connectivity index (χ1n) is 7.36. The molecule has 7 heteroatoms. The Morgan fingerprint density at radius 2 is 2.14 bits per heavy atom. The fraction of sp³-hybridized carbons (Fsp3) is 0.467. The third kappa shape index (κ3) is 2.59. The molecule has 22 heavy (non-hydrogen) atoms. The minimum Gasteiger partial charge on any atom is -0.480 e. The van der Waals surface area contributed by atoms with Crippen LogP contribution in [0, 0.1) is 0 Å². The first-order valence-corrected chi connectivity index (χ1v) is 7.36. The molecule has 1 aromatic rings. The van der Waals surface area contributed by atoms with Crippen LogP contribution in [0.15, 0.2) is 18.2 Å². The number of amides is 1. The maximum atomic E-state index is 12.4. The predicted molar refractivity (Wildman–Crippen MR) is 81.6 cm³/mol. The van der Waals surface area contributed by atoms with Crippen LogP contribution < -0.4 is 19.9 Å². The normalized spacial score (nSPS) is 21.3. The standard InChI is InChI=1S/C15H19N3O4/c1-10-15(21)18(9-13(19)20)14-11(3-2-4-12(14)22-10)17-7-5-16-6-8-17/h2-4,10,16H,5-9H2,1H3,(H,19,20). The molecule has 2 aliphatic rings. The molecule has 118 valence electrons. The fourth-order valence-electron chi connectivity index (χ4n) is 2.90. The fourth-order valence-corrected chi connectivity index (χ4v) is 2.90. The number of nitrogens with zero attached hydrogens (tertiary/aromatic N) is 2. The predicted octanol–water partition coefficient (Wildman–Crippen LogP) is 0.295. The van der Waals surface area contributed by atoms with Gasteiger partial charge in [0.1, 0.15) is 18.0 Å². The van der Waals surface area contributed by atoms with Crippen LogP contribution in [0.2, 0.25) is 0 Å². The monoisotopic (exact) mass is 305 g/mol. The molecule has 1 unspecified atom stereocenters. The van der Waals surface area contributed by atoms with Crippen LogP contribution in [0.25, 0.3) is 0 Å². The van der Waals surface area contributed by atoms with Gasteiger partial charge in [-0.25, -0.2) is 0 Å². The van der Waals surface area contributed by atoms with Crippen molar-refractivity contribution >= 4 is 23.3 Å². The number of carboxylic acids is 1. The third-order valence-corrected chi connectivity index (χ3v) is 3.92. The van der Waals surface area contributed by atoms with Gasteiger partial charge in [0, 0.05) is 26.2 Å². The number of carbonyl (C=O) groups excluding carboxylic acids is 1. The summed E-state index contributed by atoms with van der Waals surface area (Å²) in [6, 6.07) is 5.56. The summed E-state index contributed by atoms with van der Waals surface area (Å²) in [5.41, 5.74) is 1.41. The number of fused-ring (bicyclic) bond motifs is 1. The molecule has 1 fully saturated rings. The van der Waals surface area contributed by atoms with E-state index in [0.717, 1.165) is 31.9 Å². The van der Waals surface area contributed by atoms with Gasteiger partial charge in [-0.15, -0.1) is 0 Å². The van der Waals surface area contributed by atoms with Crippen molar-refractivity contribution in [2.75, 3.05) is 42.5 Å². The molecule has 1 aromatic carbocycles. The zero-order valence-electron chi connectivity index (χ0n) is 12.4. The summed E-state index contributed by atoms with van der Waals surface area (Å²) in [6.45, 7) is 4.60. The molecule has 3 rings (SSSR count). The summed E-state index contributed by atoms with van der Waals surface area (Å²) in [5.74, 6) is -0.801. The van der Waals surface area contributed by atoms with Gasteiger partial charge in [-0.1, -0.05) is 6.07 Å². The number of ether oxygens (including phenoxy) is 1. The number of hydrogen-bond donors (Lipinski definition) is 2. The van der Waals surface area contributed by atoms with Gasteiger partial charge in [-0.3, -0.25) is 14.5 Å².